The number of methoxy groups -OCH3 is 1. The van der Waals surface area contributed by atoms with Crippen molar-refractivity contribution < 1.29 is 14.2 Å². The normalized spacial score (nSPS) is 15.0. The van der Waals surface area contributed by atoms with Crippen LogP contribution in [-0.4, -0.2) is 51.5 Å². The van der Waals surface area contributed by atoms with Crippen LogP contribution in [0, 0.1) is 0 Å². The van der Waals surface area contributed by atoms with Gasteiger partial charge >= 0.3 is 0 Å². The lowest BCUT2D eigenvalue weighted by atomic mass is 10.1. The highest BCUT2D eigenvalue weighted by Gasteiger charge is 2.11. The molecule has 1 heterocycles. The summed E-state index contributed by atoms with van der Waals surface area (Å²) in [6.45, 7) is 9.14. The summed E-state index contributed by atoms with van der Waals surface area (Å²) >= 11 is 0. The van der Waals surface area contributed by atoms with Crippen LogP contribution in [0.1, 0.15) is 18.4 Å². The lowest BCUT2D eigenvalue weighted by Gasteiger charge is -2.16. The van der Waals surface area contributed by atoms with Crippen molar-refractivity contribution in [2.45, 2.75) is 19.3 Å². The van der Waals surface area contributed by atoms with Crippen LogP contribution in [0.15, 0.2) is 30.9 Å². The maximum atomic E-state index is 5.87. The van der Waals surface area contributed by atoms with Gasteiger partial charge in [-0.25, -0.2) is 0 Å². The Morgan fingerprint density at radius 2 is 2.00 bits per heavy atom. The Morgan fingerprint density at radius 1 is 1.18 bits per heavy atom. The van der Waals surface area contributed by atoms with Gasteiger partial charge in [-0.2, -0.15) is 0 Å². The third-order valence-corrected chi connectivity index (χ3v) is 3.87. The van der Waals surface area contributed by atoms with Gasteiger partial charge in [0.1, 0.15) is 6.61 Å². The van der Waals surface area contributed by atoms with Crippen LogP contribution in [0.5, 0.6) is 11.5 Å². The minimum absolute atomic E-state index is 0.532. The summed E-state index contributed by atoms with van der Waals surface area (Å²) in [6.07, 6.45) is 5.28. The van der Waals surface area contributed by atoms with E-state index in [4.69, 9.17) is 14.2 Å². The highest BCUT2D eigenvalue weighted by molar-refractivity contribution is 5.47. The fraction of sp³-hybridized carbons (Fsp3) is 0.556. The van der Waals surface area contributed by atoms with E-state index in [0.29, 0.717) is 13.2 Å². The zero-order chi connectivity index (χ0) is 15.6. The predicted octanol–water partition coefficient (Wildman–Crippen LogP) is 2.91. The van der Waals surface area contributed by atoms with Crippen molar-refractivity contribution in [3.05, 3.63) is 36.4 Å². The van der Waals surface area contributed by atoms with E-state index in [1.165, 1.54) is 25.9 Å². The molecule has 0 aliphatic carbocycles. The number of hydrogen-bond donors (Lipinski definition) is 0. The first-order valence-electron chi connectivity index (χ1n) is 8.05. The summed E-state index contributed by atoms with van der Waals surface area (Å²) in [5.74, 6) is 1.56. The average Bonchev–Trinajstić information content (AvgIpc) is 3.05. The van der Waals surface area contributed by atoms with Crippen LogP contribution in [0.3, 0.4) is 0 Å². The molecule has 4 heteroatoms. The molecule has 0 atom stereocenters. The molecule has 1 aliphatic heterocycles. The maximum absolute atomic E-state index is 5.87. The average molecular weight is 305 g/mol. The summed E-state index contributed by atoms with van der Waals surface area (Å²) in [4.78, 5) is 2.45. The monoisotopic (exact) mass is 305 g/mol. The van der Waals surface area contributed by atoms with Gasteiger partial charge in [-0.15, -0.1) is 6.58 Å². The van der Waals surface area contributed by atoms with Crippen LogP contribution in [0.4, 0.5) is 0 Å². The summed E-state index contributed by atoms with van der Waals surface area (Å²) in [5.41, 5.74) is 1.09. The standard InChI is InChI=1S/C18H27NO3/c1-3-7-16-8-6-9-17(20-2)18(16)22-15-14-21-13-12-19-10-4-5-11-19/h3,6,8-9H,1,4-5,7,10-15H2,2H3. The number of para-hydroxylation sites is 1. The molecule has 1 aromatic carbocycles. The molecule has 0 aromatic heterocycles. The van der Waals surface area contributed by atoms with Crippen LogP contribution in [0.25, 0.3) is 0 Å². The van der Waals surface area contributed by atoms with Crippen LogP contribution in [0.2, 0.25) is 0 Å². The number of allylic oxidation sites excluding steroid dienone is 1. The quantitative estimate of drug-likeness (QED) is 0.491. The van der Waals surface area contributed by atoms with Gasteiger partial charge in [-0.05, 0) is 38.4 Å². The molecule has 0 bridgehead atoms. The minimum atomic E-state index is 0.532. The minimum Gasteiger partial charge on any atom is -0.493 e. The summed E-state index contributed by atoms with van der Waals surface area (Å²) < 4.78 is 16.9. The number of nitrogens with zero attached hydrogens (tertiary/aromatic N) is 1. The lowest BCUT2D eigenvalue weighted by Crippen LogP contribution is -2.24. The van der Waals surface area contributed by atoms with E-state index in [9.17, 15) is 0 Å². The largest absolute Gasteiger partial charge is 0.493 e. The molecule has 0 unspecified atom stereocenters. The van der Waals surface area contributed by atoms with Crippen molar-refractivity contribution in [3.8, 4) is 11.5 Å². The Balaban J connectivity index is 1.72. The molecule has 1 aromatic rings. The second kappa shape index (κ2) is 9.49. The highest BCUT2D eigenvalue weighted by Crippen LogP contribution is 2.31. The number of benzene rings is 1. The Morgan fingerprint density at radius 3 is 2.73 bits per heavy atom. The van der Waals surface area contributed by atoms with E-state index in [2.05, 4.69) is 11.5 Å². The van der Waals surface area contributed by atoms with E-state index < -0.39 is 0 Å². The van der Waals surface area contributed by atoms with E-state index >= 15 is 0 Å². The van der Waals surface area contributed by atoms with Crippen molar-refractivity contribution in [1.82, 2.24) is 4.90 Å². The Labute approximate surface area is 133 Å². The lowest BCUT2D eigenvalue weighted by molar-refractivity contribution is 0.0835. The molecule has 22 heavy (non-hydrogen) atoms. The Bertz CT molecular complexity index is 456. The number of hydrogen-bond acceptors (Lipinski definition) is 4. The van der Waals surface area contributed by atoms with Crippen molar-refractivity contribution >= 4 is 0 Å². The Kier molecular flexibility index (Phi) is 7.26. The van der Waals surface area contributed by atoms with Crippen molar-refractivity contribution in [2.75, 3.05) is 46.6 Å². The zero-order valence-corrected chi connectivity index (χ0v) is 13.6. The zero-order valence-electron chi connectivity index (χ0n) is 13.6. The molecule has 0 saturated carbocycles. The molecule has 4 nitrogen and oxygen atoms in total. The first-order valence-corrected chi connectivity index (χ1v) is 8.05. The van der Waals surface area contributed by atoms with Crippen molar-refractivity contribution in [2.24, 2.45) is 0 Å². The molecule has 1 aliphatic rings. The third-order valence-electron chi connectivity index (χ3n) is 3.87. The van der Waals surface area contributed by atoms with E-state index in [1.54, 1.807) is 7.11 Å². The molecule has 0 amide bonds. The van der Waals surface area contributed by atoms with Gasteiger partial charge < -0.3 is 19.1 Å². The topological polar surface area (TPSA) is 30.9 Å². The van der Waals surface area contributed by atoms with Crippen molar-refractivity contribution in [1.29, 1.82) is 0 Å². The van der Waals surface area contributed by atoms with Gasteiger partial charge in [0.05, 0.1) is 20.3 Å². The van der Waals surface area contributed by atoms with E-state index in [1.807, 2.05) is 24.3 Å². The molecular weight excluding hydrogens is 278 g/mol. The van der Waals surface area contributed by atoms with E-state index in [0.717, 1.165) is 36.6 Å². The van der Waals surface area contributed by atoms with Gasteiger partial charge in [0, 0.05) is 12.1 Å². The predicted molar refractivity (Wildman–Crippen MR) is 88.9 cm³/mol. The fourth-order valence-corrected chi connectivity index (χ4v) is 2.71. The van der Waals surface area contributed by atoms with Gasteiger partial charge in [-0.3, -0.25) is 0 Å². The molecule has 2 rings (SSSR count). The first-order chi connectivity index (χ1) is 10.8. The third kappa shape index (κ3) is 5.04. The van der Waals surface area contributed by atoms with Gasteiger partial charge in [-0.1, -0.05) is 18.2 Å². The highest BCUT2D eigenvalue weighted by atomic mass is 16.5. The van der Waals surface area contributed by atoms with Crippen LogP contribution in [-0.2, 0) is 11.2 Å². The molecule has 0 spiro atoms. The van der Waals surface area contributed by atoms with Crippen LogP contribution >= 0.6 is 0 Å². The number of likely N-dealkylation sites (tertiary alicyclic amines) is 1. The molecule has 1 saturated heterocycles. The maximum Gasteiger partial charge on any atom is 0.164 e. The van der Waals surface area contributed by atoms with Gasteiger partial charge in [0.15, 0.2) is 11.5 Å². The second-order valence-electron chi connectivity index (χ2n) is 5.45. The molecule has 0 radical (unpaired) electrons. The number of ether oxygens (including phenoxy) is 3. The second-order valence-corrected chi connectivity index (χ2v) is 5.45. The van der Waals surface area contributed by atoms with Crippen LogP contribution < -0.4 is 9.47 Å². The molecule has 122 valence electrons. The molecular formula is C18H27NO3. The SMILES string of the molecule is C=CCc1cccc(OC)c1OCCOCCN1CCCC1. The summed E-state index contributed by atoms with van der Waals surface area (Å²) in [6, 6.07) is 5.92. The Hall–Kier alpha value is -1.52. The van der Waals surface area contributed by atoms with Gasteiger partial charge in [0.2, 0.25) is 0 Å². The van der Waals surface area contributed by atoms with E-state index in [-0.39, 0.29) is 0 Å². The summed E-state index contributed by atoms with van der Waals surface area (Å²) in [7, 11) is 1.66. The molecule has 0 N–H and O–H groups in total. The fourth-order valence-electron chi connectivity index (χ4n) is 2.71. The van der Waals surface area contributed by atoms with Crippen molar-refractivity contribution in [3.63, 3.8) is 0 Å². The molecule has 1 fully saturated rings. The number of rotatable bonds is 10. The summed E-state index contributed by atoms with van der Waals surface area (Å²) in [5, 5.41) is 0. The van der Waals surface area contributed by atoms with Gasteiger partial charge in [0.25, 0.3) is 0 Å². The smallest absolute Gasteiger partial charge is 0.164 e. The first kappa shape index (κ1) is 16.8.